The Hall–Kier alpha value is -3.88. The second-order valence-corrected chi connectivity index (χ2v) is 9.81. The van der Waals surface area contributed by atoms with Crippen LogP contribution in [0.1, 0.15) is 37.8 Å². The maximum atomic E-state index is 12.7. The van der Waals surface area contributed by atoms with Gasteiger partial charge >= 0.3 is 0 Å². The molecule has 2 aromatic rings. The molecule has 0 spiro atoms. The molecule has 0 bridgehead atoms. The number of hydrogen-bond donors (Lipinski definition) is 3. The SMILES string of the molecule is CCC1=CN=C2C(=C(N)C1)C(c1ccc(Oc3ccccc3)cc1)NN2C1CCN(C(=O)C=CCNC)C1. The van der Waals surface area contributed by atoms with E-state index in [0.29, 0.717) is 26.1 Å². The van der Waals surface area contributed by atoms with Gasteiger partial charge in [-0.1, -0.05) is 43.3 Å². The van der Waals surface area contributed by atoms with Crippen molar-refractivity contribution in [2.75, 3.05) is 26.7 Å². The second-order valence-electron chi connectivity index (χ2n) is 9.81. The summed E-state index contributed by atoms with van der Waals surface area (Å²) in [7, 11) is 1.86. The van der Waals surface area contributed by atoms with Crippen molar-refractivity contribution in [1.82, 2.24) is 20.7 Å². The Morgan fingerprint density at radius 3 is 2.68 bits per heavy atom. The summed E-state index contributed by atoms with van der Waals surface area (Å²) in [6.45, 7) is 4.14. The van der Waals surface area contributed by atoms with Crippen molar-refractivity contribution in [3.05, 3.63) is 95.4 Å². The van der Waals surface area contributed by atoms with Crippen LogP contribution in [0.2, 0.25) is 0 Å². The molecule has 2 fully saturated rings. The topological polar surface area (TPSA) is 95.2 Å². The van der Waals surface area contributed by atoms with Gasteiger partial charge in [0.1, 0.15) is 17.3 Å². The summed E-state index contributed by atoms with van der Waals surface area (Å²) in [5, 5.41) is 5.17. The zero-order chi connectivity index (χ0) is 26.5. The van der Waals surface area contributed by atoms with Crippen molar-refractivity contribution in [1.29, 1.82) is 0 Å². The minimum absolute atomic E-state index is 0.0405. The Morgan fingerprint density at radius 2 is 1.95 bits per heavy atom. The number of carbonyl (C=O) groups excluding carboxylic acids is 1. The summed E-state index contributed by atoms with van der Waals surface area (Å²) in [5.74, 6) is 2.47. The number of nitrogens with two attached hydrogens (primary N) is 1. The number of hydrazine groups is 1. The number of rotatable bonds is 8. The van der Waals surface area contributed by atoms with Crippen LogP contribution in [-0.2, 0) is 4.79 Å². The first-order valence-corrected chi connectivity index (χ1v) is 13.3. The van der Waals surface area contributed by atoms with Gasteiger partial charge in [-0.25, -0.2) is 10.4 Å². The molecule has 198 valence electrons. The number of amidine groups is 1. The molecule has 2 aromatic carbocycles. The number of nitrogens with one attached hydrogen (secondary N) is 2. The molecule has 8 heteroatoms. The fraction of sp³-hybridized carbons (Fsp3) is 0.333. The Bertz CT molecular complexity index is 1270. The normalized spacial score (nSPS) is 21.4. The highest BCUT2D eigenvalue weighted by Gasteiger charge is 2.42. The number of likely N-dealkylation sites (tertiary alicyclic amines) is 1. The summed E-state index contributed by atoms with van der Waals surface area (Å²) in [5.41, 5.74) is 14.6. The Morgan fingerprint density at radius 1 is 1.18 bits per heavy atom. The molecule has 5 rings (SSSR count). The van der Waals surface area contributed by atoms with Crippen LogP contribution < -0.4 is 21.2 Å². The van der Waals surface area contributed by atoms with Gasteiger partial charge in [-0.3, -0.25) is 9.80 Å². The monoisotopic (exact) mass is 512 g/mol. The van der Waals surface area contributed by atoms with Gasteiger partial charge in [0.2, 0.25) is 5.91 Å². The molecule has 3 aliphatic heterocycles. The number of benzene rings is 2. The lowest BCUT2D eigenvalue weighted by molar-refractivity contribution is -0.125. The highest BCUT2D eigenvalue weighted by Crippen LogP contribution is 2.37. The highest BCUT2D eigenvalue weighted by molar-refractivity contribution is 6.03. The van der Waals surface area contributed by atoms with E-state index < -0.39 is 0 Å². The molecule has 2 saturated heterocycles. The second kappa shape index (κ2) is 11.7. The van der Waals surface area contributed by atoms with Crippen molar-refractivity contribution in [3.8, 4) is 11.5 Å². The van der Waals surface area contributed by atoms with Crippen molar-refractivity contribution >= 4 is 11.7 Å². The van der Waals surface area contributed by atoms with E-state index in [1.54, 1.807) is 6.08 Å². The molecular weight excluding hydrogens is 476 g/mol. The van der Waals surface area contributed by atoms with Gasteiger partial charge in [0, 0.05) is 49.6 Å². The Labute approximate surface area is 224 Å². The van der Waals surface area contributed by atoms with Gasteiger partial charge in [0.05, 0.1) is 12.1 Å². The number of allylic oxidation sites excluding steroid dienone is 1. The lowest BCUT2D eigenvalue weighted by atomic mass is 9.96. The number of para-hydroxylation sites is 1. The fourth-order valence-electron chi connectivity index (χ4n) is 5.15. The lowest BCUT2D eigenvalue weighted by Gasteiger charge is -2.26. The van der Waals surface area contributed by atoms with Crippen molar-refractivity contribution < 1.29 is 9.53 Å². The first-order chi connectivity index (χ1) is 18.6. The van der Waals surface area contributed by atoms with E-state index in [4.69, 9.17) is 15.5 Å². The van der Waals surface area contributed by atoms with Gasteiger partial charge in [0.15, 0.2) is 0 Å². The van der Waals surface area contributed by atoms with Crippen LogP contribution in [0.4, 0.5) is 0 Å². The van der Waals surface area contributed by atoms with Crippen molar-refractivity contribution in [2.24, 2.45) is 10.7 Å². The van der Waals surface area contributed by atoms with Gasteiger partial charge < -0.3 is 20.7 Å². The molecular formula is C30H36N6O2. The lowest BCUT2D eigenvalue weighted by Crippen LogP contribution is -2.45. The third kappa shape index (κ3) is 5.51. The standard InChI is InChI=1S/C30H36N6O2/c1-3-21-18-26(31)28-29(22-11-13-25(14-12-22)38-24-8-5-4-6-9-24)34-36(30(28)33-19-21)23-15-17-35(20-23)27(37)10-7-16-32-2/h4-14,19,23,29,32,34H,3,15-18,20,31H2,1-2H3. The third-order valence-electron chi connectivity index (χ3n) is 7.23. The molecule has 2 atom stereocenters. The predicted molar refractivity (Wildman–Crippen MR) is 150 cm³/mol. The molecule has 0 saturated carbocycles. The van der Waals surface area contributed by atoms with Crippen LogP contribution in [0.15, 0.2) is 94.8 Å². The number of amides is 1. The van der Waals surface area contributed by atoms with Crippen LogP contribution in [0.3, 0.4) is 0 Å². The fourth-order valence-corrected chi connectivity index (χ4v) is 5.15. The minimum Gasteiger partial charge on any atom is -0.457 e. The maximum absolute atomic E-state index is 12.7. The van der Waals surface area contributed by atoms with Crippen molar-refractivity contribution in [3.63, 3.8) is 0 Å². The van der Waals surface area contributed by atoms with E-state index in [1.165, 1.54) is 5.57 Å². The quantitative estimate of drug-likeness (QED) is 0.463. The molecule has 0 radical (unpaired) electrons. The largest absolute Gasteiger partial charge is 0.457 e. The first kappa shape index (κ1) is 25.8. The molecule has 0 aliphatic carbocycles. The van der Waals surface area contributed by atoms with E-state index >= 15 is 0 Å². The van der Waals surface area contributed by atoms with Crippen LogP contribution in [0, 0.1) is 0 Å². The van der Waals surface area contributed by atoms with E-state index in [9.17, 15) is 4.79 Å². The first-order valence-electron chi connectivity index (χ1n) is 13.3. The third-order valence-corrected chi connectivity index (χ3v) is 7.23. The minimum atomic E-state index is -0.135. The van der Waals surface area contributed by atoms with Crippen molar-refractivity contribution in [2.45, 2.75) is 38.3 Å². The number of likely N-dealkylation sites (N-methyl/N-ethyl adjacent to an activating group) is 1. The number of fused-ring (bicyclic) bond motifs is 1. The molecule has 2 unspecified atom stereocenters. The highest BCUT2D eigenvalue weighted by atomic mass is 16.5. The maximum Gasteiger partial charge on any atom is 0.246 e. The number of aliphatic imine (C=N–C) groups is 1. The van der Waals surface area contributed by atoms with Gasteiger partial charge in [-0.2, -0.15) is 0 Å². The molecule has 0 aromatic heterocycles. The van der Waals surface area contributed by atoms with Crippen LogP contribution in [-0.4, -0.2) is 54.4 Å². The van der Waals surface area contributed by atoms with E-state index in [2.05, 4.69) is 34.8 Å². The van der Waals surface area contributed by atoms with Gasteiger partial charge in [-0.05, 0) is 55.3 Å². The summed E-state index contributed by atoms with van der Waals surface area (Å²) in [6.07, 6.45) is 7.93. The van der Waals surface area contributed by atoms with Crippen LogP contribution in [0.25, 0.3) is 0 Å². The van der Waals surface area contributed by atoms with Crippen LogP contribution in [0.5, 0.6) is 11.5 Å². The average Bonchev–Trinajstić information content (AvgIpc) is 3.53. The van der Waals surface area contributed by atoms with E-state index in [1.807, 2.05) is 66.7 Å². The number of nitrogens with zero attached hydrogens (tertiary/aromatic N) is 3. The molecule has 8 nitrogen and oxygen atoms in total. The molecule has 4 N–H and O–H groups in total. The van der Waals surface area contributed by atoms with Gasteiger partial charge in [0.25, 0.3) is 0 Å². The number of carbonyl (C=O) groups is 1. The molecule has 38 heavy (non-hydrogen) atoms. The molecule has 3 heterocycles. The predicted octanol–water partition coefficient (Wildman–Crippen LogP) is 4.03. The van der Waals surface area contributed by atoms with Crippen LogP contribution >= 0.6 is 0 Å². The Kier molecular flexibility index (Phi) is 7.91. The zero-order valence-electron chi connectivity index (χ0n) is 22.1. The summed E-state index contributed by atoms with van der Waals surface area (Å²) < 4.78 is 6.00. The zero-order valence-corrected chi connectivity index (χ0v) is 22.1. The summed E-state index contributed by atoms with van der Waals surface area (Å²) in [6, 6.07) is 17.8. The average molecular weight is 513 g/mol. The number of ether oxygens (including phenoxy) is 1. The summed E-state index contributed by atoms with van der Waals surface area (Å²) >= 11 is 0. The summed E-state index contributed by atoms with van der Waals surface area (Å²) in [4.78, 5) is 19.5. The number of hydrogen-bond acceptors (Lipinski definition) is 7. The van der Waals surface area contributed by atoms with E-state index in [-0.39, 0.29) is 18.0 Å². The smallest absolute Gasteiger partial charge is 0.246 e. The molecule has 1 amide bonds. The Balaban J connectivity index is 1.39. The van der Waals surface area contributed by atoms with E-state index in [0.717, 1.165) is 47.0 Å². The van der Waals surface area contributed by atoms with Gasteiger partial charge in [-0.15, -0.1) is 0 Å². The molecule has 3 aliphatic rings.